The molecule has 2 aromatic rings. The summed E-state index contributed by atoms with van der Waals surface area (Å²) in [6.45, 7) is 9.80. The molecule has 1 N–H and O–H groups in total. The molecule has 2 rings (SSSR count). The van der Waals surface area contributed by atoms with E-state index in [1.165, 1.54) is 12.1 Å². The van der Waals surface area contributed by atoms with E-state index in [9.17, 15) is 13.2 Å². The molecule has 0 heterocycles. The van der Waals surface area contributed by atoms with Gasteiger partial charge in [-0.25, -0.2) is 8.42 Å². The van der Waals surface area contributed by atoms with Crippen LogP contribution in [0.4, 0.5) is 5.69 Å². The number of aryl methyl sites for hydroxylation is 1. The first kappa shape index (κ1) is 21.0. The van der Waals surface area contributed by atoms with Crippen LogP contribution in [0.25, 0.3) is 0 Å². The molecule has 0 aliphatic rings. The molecule has 1 atom stereocenters. The molecule has 0 radical (unpaired) electrons. The summed E-state index contributed by atoms with van der Waals surface area (Å²) in [6, 6.07) is 12.3. The zero-order valence-corrected chi connectivity index (χ0v) is 17.5. The van der Waals surface area contributed by atoms with E-state index >= 15 is 0 Å². The Kier molecular flexibility index (Phi) is 6.00. The van der Waals surface area contributed by atoms with E-state index < -0.39 is 15.9 Å². The second-order valence-electron chi connectivity index (χ2n) is 7.78. The van der Waals surface area contributed by atoms with Crippen LogP contribution >= 0.6 is 0 Å². The maximum absolute atomic E-state index is 12.5. The van der Waals surface area contributed by atoms with Crippen molar-refractivity contribution < 1.29 is 17.9 Å². The lowest BCUT2D eigenvalue weighted by Gasteiger charge is -2.21. The maximum atomic E-state index is 12.5. The first-order valence-corrected chi connectivity index (χ1v) is 10.7. The second kappa shape index (κ2) is 7.72. The molecule has 0 spiro atoms. The summed E-state index contributed by atoms with van der Waals surface area (Å²) in [5.74, 6) is 0.275. The van der Waals surface area contributed by atoms with Crippen molar-refractivity contribution in [2.45, 2.75) is 51.0 Å². The molecule has 27 heavy (non-hydrogen) atoms. The topological polar surface area (TPSA) is 72.5 Å². The molecule has 0 aliphatic carbocycles. The highest BCUT2D eigenvalue weighted by Gasteiger charge is 2.19. The zero-order chi connectivity index (χ0) is 20.4. The number of nitrogens with one attached hydrogen (secondary N) is 1. The molecule has 146 valence electrons. The van der Waals surface area contributed by atoms with E-state index in [-0.39, 0.29) is 16.2 Å². The summed E-state index contributed by atoms with van der Waals surface area (Å²) < 4.78 is 29.3. The number of amides is 1. The minimum Gasteiger partial charge on any atom is -0.481 e. The monoisotopic (exact) mass is 389 g/mol. The molecular weight excluding hydrogens is 362 g/mol. The van der Waals surface area contributed by atoms with E-state index in [1.807, 2.05) is 24.3 Å². The Labute approximate surface area is 161 Å². The third kappa shape index (κ3) is 5.57. The van der Waals surface area contributed by atoms with Crippen LogP contribution in [0.5, 0.6) is 5.75 Å². The van der Waals surface area contributed by atoms with Crippen LogP contribution in [0.1, 0.15) is 38.8 Å². The van der Waals surface area contributed by atoms with Gasteiger partial charge in [-0.3, -0.25) is 4.79 Å². The number of hydrogen-bond donors (Lipinski definition) is 1. The van der Waals surface area contributed by atoms with E-state index in [0.29, 0.717) is 11.4 Å². The third-order valence-corrected chi connectivity index (χ3v) is 5.39. The van der Waals surface area contributed by atoms with Gasteiger partial charge in [-0.15, -0.1) is 0 Å². The number of carbonyl (C=O) groups excluding carboxylic acids is 1. The van der Waals surface area contributed by atoms with E-state index in [4.69, 9.17) is 4.74 Å². The van der Waals surface area contributed by atoms with Gasteiger partial charge in [0.2, 0.25) is 0 Å². The molecule has 0 fully saturated rings. The molecular formula is C21H27NO4S. The van der Waals surface area contributed by atoms with Gasteiger partial charge in [0.25, 0.3) is 5.91 Å². The number of hydrogen-bond acceptors (Lipinski definition) is 4. The lowest BCUT2D eigenvalue weighted by Crippen LogP contribution is -2.30. The molecule has 0 aliphatic heterocycles. The van der Waals surface area contributed by atoms with Crippen molar-refractivity contribution in [3.8, 4) is 5.75 Å². The van der Waals surface area contributed by atoms with E-state index in [2.05, 4.69) is 26.1 Å². The third-order valence-electron chi connectivity index (χ3n) is 4.28. The van der Waals surface area contributed by atoms with Crippen LogP contribution in [-0.4, -0.2) is 26.7 Å². The SMILES string of the molecule is Cc1ccc(S(C)(=O)=O)cc1NC(=O)[C@@H](C)Oc1cccc(C(C)(C)C)c1. The van der Waals surface area contributed by atoms with Crippen molar-refractivity contribution in [2.75, 3.05) is 11.6 Å². The summed E-state index contributed by atoms with van der Waals surface area (Å²) in [7, 11) is -3.35. The molecule has 0 bridgehead atoms. The Bertz CT molecular complexity index is 943. The predicted molar refractivity (Wildman–Crippen MR) is 108 cm³/mol. The van der Waals surface area contributed by atoms with Crippen molar-refractivity contribution >= 4 is 21.4 Å². The summed E-state index contributed by atoms with van der Waals surface area (Å²) >= 11 is 0. The van der Waals surface area contributed by atoms with Crippen molar-refractivity contribution in [2.24, 2.45) is 0 Å². The first-order valence-electron chi connectivity index (χ1n) is 8.77. The van der Waals surface area contributed by atoms with Crippen LogP contribution in [0.2, 0.25) is 0 Å². The molecule has 0 unspecified atom stereocenters. The standard InChI is InChI=1S/C21H27NO4S/c1-14-10-11-18(27(6,24)25)13-19(14)22-20(23)15(2)26-17-9-7-8-16(12-17)21(3,4)5/h7-13,15H,1-6H3,(H,22,23)/t15-/m1/s1. The average molecular weight is 390 g/mol. The first-order chi connectivity index (χ1) is 12.4. The number of rotatable bonds is 5. The Hall–Kier alpha value is -2.34. The van der Waals surface area contributed by atoms with Crippen LogP contribution < -0.4 is 10.1 Å². The van der Waals surface area contributed by atoms with Gasteiger partial charge in [0.05, 0.1) is 4.90 Å². The smallest absolute Gasteiger partial charge is 0.265 e. The highest BCUT2D eigenvalue weighted by molar-refractivity contribution is 7.90. The number of carbonyl (C=O) groups is 1. The summed E-state index contributed by atoms with van der Waals surface area (Å²) in [5, 5.41) is 2.76. The highest BCUT2D eigenvalue weighted by Crippen LogP contribution is 2.26. The molecule has 0 saturated heterocycles. The van der Waals surface area contributed by atoms with Gasteiger partial charge in [0.1, 0.15) is 5.75 Å². The Morgan fingerprint density at radius 2 is 1.78 bits per heavy atom. The van der Waals surface area contributed by atoms with Gasteiger partial charge in [0.15, 0.2) is 15.9 Å². The summed E-state index contributed by atoms with van der Waals surface area (Å²) in [5.41, 5.74) is 2.33. The number of sulfone groups is 1. The van der Waals surface area contributed by atoms with Crippen molar-refractivity contribution in [1.82, 2.24) is 0 Å². The number of ether oxygens (including phenoxy) is 1. The summed E-state index contributed by atoms with van der Waals surface area (Å²) in [6.07, 6.45) is 0.401. The molecule has 0 aromatic heterocycles. The lowest BCUT2D eigenvalue weighted by atomic mass is 9.87. The van der Waals surface area contributed by atoms with Gasteiger partial charge in [0, 0.05) is 11.9 Å². The van der Waals surface area contributed by atoms with Crippen molar-refractivity contribution in [3.63, 3.8) is 0 Å². The van der Waals surface area contributed by atoms with E-state index in [0.717, 1.165) is 17.4 Å². The van der Waals surface area contributed by atoms with Crippen LogP contribution in [0.15, 0.2) is 47.4 Å². The zero-order valence-electron chi connectivity index (χ0n) is 16.7. The van der Waals surface area contributed by atoms with Gasteiger partial charge in [-0.2, -0.15) is 0 Å². The normalized spacial score (nSPS) is 13.1. The van der Waals surface area contributed by atoms with Crippen molar-refractivity contribution in [1.29, 1.82) is 0 Å². The molecule has 2 aromatic carbocycles. The molecule has 6 heteroatoms. The largest absolute Gasteiger partial charge is 0.481 e. The van der Waals surface area contributed by atoms with Crippen molar-refractivity contribution in [3.05, 3.63) is 53.6 Å². The average Bonchev–Trinajstić information content (AvgIpc) is 2.55. The van der Waals surface area contributed by atoms with Gasteiger partial charge < -0.3 is 10.1 Å². The number of anilines is 1. The van der Waals surface area contributed by atoms with Gasteiger partial charge in [-0.1, -0.05) is 39.0 Å². The Morgan fingerprint density at radius 3 is 2.37 bits per heavy atom. The minimum atomic E-state index is -3.35. The quantitative estimate of drug-likeness (QED) is 0.835. The molecule has 5 nitrogen and oxygen atoms in total. The second-order valence-corrected chi connectivity index (χ2v) is 9.79. The summed E-state index contributed by atoms with van der Waals surface area (Å²) in [4.78, 5) is 12.7. The highest BCUT2D eigenvalue weighted by atomic mass is 32.2. The lowest BCUT2D eigenvalue weighted by molar-refractivity contribution is -0.122. The fraction of sp³-hybridized carbons (Fsp3) is 0.381. The molecule has 1 amide bonds. The fourth-order valence-electron chi connectivity index (χ4n) is 2.49. The Morgan fingerprint density at radius 1 is 1.11 bits per heavy atom. The van der Waals surface area contributed by atoms with Crippen LogP contribution in [0, 0.1) is 6.92 Å². The molecule has 0 saturated carbocycles. The van der Waals surface area contributed by atoms with Gasteiger partial charge in [-0.05, 0) is 54.7 Å². The predicted octanol–water partition coefficient (Wildman–Crippen LogP) is 4.10. The van der Waals surface area contributed by atoms with Crippen LogP contribution in [0.3, 0.4) is 0 Å². The van der Waals surface area contributed by atoms with Crippen LogP contribution in [-0.2, 0) is 20.0 Å². The maximum Gasteiger partial charge on any atom is 0.265 e. The number of benzene rings is 2. The minimum absolute atomic E-state index is 0.0198. The van der Waals surface area contributed by atoms with Gasteiger partial charge >= 0.3 is 0 Å². The Balaban J connectivity index is 2.15. The fourth-order valence-corrected chi connectivity index (χ4v) is 3.14. The van der Waals surface area contributed by atoms with E-state index in [1.54, 1.807) is 19.9 Å².